The molecular weight excluding hydrogens is 570 g/mol. The number of rotatable bonds is 6. The highest BCUT2D eigenvalue weighted by molar-refractivity contribution is 6.10. The van der Waals surface area contributed by atoms with Crippen molar-refractivity contribution in [2.75, 3.05) is 31.6 Å². The summed E-state index contributed by atoms with van der Waals surface area (Å²) in [6, 6.07) is 19.0. The zero-order valence-electron chi connectivity index (χ0n) is 26.1. The van der Waals surface area contributed by atoms with Crippen LogP contribution in [0, 0.1) is 5.92 Å². The van der Waals surface area contributed by atoms with E-state index in [1.165, 1.54) is 13.4 Å². The number of anilines is 1. The lowest BCUT2D eigenvalue weighted by Gasteiger charge is -2.46. The highest BCUT2D eigenvalue weighted by atomic mass is 16.6. The number of methoxy groups -OCH3 is 1. The molecule has 234 valence electrons. The van der Waals surface area contributed by atoms with Crippen LogP contribution in [0.15, 0.2) is 78.5 Å². The summed E-state index contributed by atoms with van der Waals surface area (Å²) in [6.07, 6.45) is 4.76. The SMILES string of the molecule is CO/C(O)=C1\C(=O)N(Cc2ccccc2)c2ncnc3c2C1N(CC1CCN(C(=O)OC(C)(C)C)CC1)C(c1ccccc1)=C3. The average molecular weight is 610 g/mol. The molecule has 3 aromatic rings. The van der Waals surface area contributed by atoms with Gasteiger partial charge in [-0.2, -0.15) is 0 Å². The van der Waals surface area contributed by atoms with Gasteiger partial charge in [-0.25, -0.2) is 14.8 Å². The first-order chi connectivity index (χ1) is 21.6. The van der Waals surface area contributed by atoms with Gasteiger partial charge in [0.1, 0.15) is 23.3 Å². The van der Waals surface area contributed by atoms with Gasteiger partial charge >= 0.3 is 6.09 Å². The number of ether oxygens (including phenoxy) is 2. The number of carbonyl (C=O) groups excluding carboxylic acids is 2. The molecule has 0 bridgehead atoms. The maximum absolute atomic E-state index is 14.4. The second kappa shape index (κ2) is 12.3. The number of aliphatic hydroxyl groups is 1. The Labute approximate surface area is 263 Å². The Hall–Kier alpha value is -4.86. The van der Waals surface area contributed by atoms with E-state index in [1.54, 1.807) is 9.80 Å². The van der Waals surface area contributed by atoms with Crippen molar-refractivity contribution in [2.24, 2.45) is 5.92 Å². The lowest BCUT2D eigenvalue weighted by Crippen LogP contribution is -2.48. The Morgan fingerprint density at radius 2 is 1.67 bits per heavy atom. The molecule has 0 saturated carbocycles. The third-order valence-corrected chi connectivity index (χ3v) is 8.46. The molecule has 2 aromatic carbocycles. The molecule has 0 aliphatic carbocycles. The quantitative estimate of drug-likeness (QED) is 0.270. The zero-order chi connectivity index (χ0) is 31.7. The number of hydrogen-bond acceptors (Lipinski definition) is 8. The highest BCUT2D eigenvalue weighted by Crippen LogP contribution is 2.49. The van der Waals surface area contributed by atoms with Crippen LogP contribution in [0.4, 0.5) is 10.6 Å². The molecule has 1 aromatic heterocycles. The third kappa shape index (κ3) is 6.09. The molecule has 10 heteroatoms. The minimum atomic E-state index is -0.681. The molecule has 1 fully saturated rings. The molecule has 1 N–H and O–H groups in total. The van der Waals surface area contributed by atoms with Crippen LogP contribution in [0.1, 0.15) is 62.0 Å². The fourth-order valence-corrected chi connectivity index (χ4v) is 6.35. The number of piperidine rings is 1. The number of aliphatic hydroxyl groups excluding tert-OH is 1. The van der Waals surface area contributed by atoms with Crippen molar-refractivity contribution in [2.45, 2.75) is 51.8 Å². The van der Waals surface area contributed by atoms with Gasteiger partial charge in [-0.3, -0.25) is 9.69 Å². The van der Waals surface area contributed by atoms with Gasteiger partial charge in [-0.15, -0.1) is 0 Å². The van der Waals surface area contributed by atoms with Crippen LogP contribution < -0.4 is 4.90 Å². The smallest absolute Gasteiger partial charge is 0.410 e. The fourth-order valence-electron chi connectivity index (χ4n) is 6.35. The van der Waals surface area contributed by atoms with E-state index in [4.69, 9.17) is 9.47 Å². The first-order valence-electron chi connectivity index (χ1n) is 15.3. The van der Waals surface area contributed by atoms with E-state index < -0.39 is 17.6 Å². The number of benzene rings is 2. The van der Waals surface area contributed by atoms with Crippen molar-refractivity contribution in [3.05, 3.63) is 101 Å². The number of aromatic nitrogens is 2. The highest BCUT2D eigenvalue weighted by Gasteiger charge is 2.47. The van der Waals surface area contributed by atoms with Crippen molar-refractivity contribution in [1.82, 2.24) is 19.8 Å². The normalized spacial score (nSPS) is 19.6. The molecule has 3 aliphatic rings. The molecule has 1 atom stereocenters. The van der Waals surface area contributed by atoms with Gasteiger partial charge in [-0.05, 0) is 56.7 Å². The molecule has 2 amide bonds. The Morgan fingerprint density at radius 1 is 1.00 bits per heavy atom. The minimum absolute atomic E-state index is 0.143. The summed E-state index contributed by atoms with van der Waals surface area (Å²) in [6.45, 7) is 7.60. The Balaban J connectivity index is 1.41. The molecule has 45 heavy (non-hydrogen) atoms. The van der Waals surface area contributed by atoms with Gasteiger partial charge in [-0.1, -0.05) is 60.7 Å². The van der Waals surface area contributed by atoms with Gasteiger partial charge in [0.2, 0.25) is 0 Å². The summed E-state index contributed by atoms with van der Waals surface area (Å²) in [4.78, 5) is 42.0. The van der Waals surface area contributed by atoms with Crippen LogP contribution in [-0.4, -0.2) is 69.2 Å². The predicted octanol–water partition coefficient (Wildman–Crippen LogP) is 5.94. The molecule has 1 unspecified atom stereocenters. The van der Waals surface area contributed by atoms with Gasteiger partial charge in [0, 0.05) is 30.9 Å². The largest absolute Gasteiger partial charge is 0.481 e. The monoisotopic (exact) mass is 609 g/mol. The van der Waals surface area contributed by atoms with Crippen LogP contribution >= 0.6 is 0 Å². The van der Waals surface area contributed by atoms with Crippen LogP contribution in [0.3, 0.4) is 0 Å². The maximum atomic E-state index is 14.4. The van der Waals surface area contributed by atoms with E-state index >= 15 is 0 Å². The van der Waals surface area contributed by atoms with Gasteiger partial charge < -0.3 is 24.4 Å². The van der Waals surface area contributed by atoms with Crippen molar-refractivity contribution < 1.29 is 24.2 Å². The van der Waals surface area contributed by atoms with E-state index in [2.05, 4.69) is 14.9 Å². The van der Waals surface area contributed by atoms with E-state index in [0.717, 1.165) is 35.2 Å². The van der Waals surface area contributed by atoms with Crippen molar-refractivity contribution in [3.8, 4) is 0 Å². The number of hydrogen-bond donors (Lipinski definition) is 1. The molecule has 10 nitrogen and oxygen atoms in total. The Morgan fingerprint density at radius 3 is 2.31 bits per heavy atom. The lowest BCUT2D eigenvalue weighted by atomic mass is 9.84. The second-order valence-corrected chi connectivity index (χ2v) is 12.7. The molecule has 4 heterocycles. The second-order valence-electron chi connectivity index (χ2n) is 12.7. The molecule has 1 saturated heterocycles. The van der Waals surface area contributed by atoms with E-state index in [9.17, 15) is 14.7 Å². The minimum Gasteiger partial charge on any atom is -0.481 e. The van der Waals surface area contributed by atoms with Gasteiger partial charge in [0.05, 0.1) is 25.4 Å². The summed E-state index contributed by atoms with van der Waals surface area (Å²) in [7, 11) is 1.36. The van der Waals surface area contributed by atoms with Crippen molar-refractivity contribution in [3.63, 3.8) is 0 Å². The fraction of sp³-hybridized carbons (Fsp3) is 0.371. The van der Waals surface area contributed by atoms with Crippen LogP contribution in [-0.2, 0) is 20.8 Å². The van der Waals surface area contributed by atoms with E-state index in [-0.39, 0.29) is 30.0 Å². The first-order valence-corrected chi connectivity index (χ1v) is 15.3. The molecule has 6 rings (SSSR count). The predicted molar refractivity (Wildman–Crippen MR) is 171 cm³/mol. The summed E-state index contributed by atoms with van der Waals surface area (Å²) in [5.74, 6) is -0.0876. The Bertz CT molecular complexity index is 1630. The number of amides is 2. The van der Waals surface area contributed by atoms with Crippen molar-refractivity contribution in [1.29, 1.82) is 0 Å². The zero-order valence-corrected chi connectivity index (χ0v) is 26.1. The standard InChI is InChI=1S/C35H39N5O5/c1-35(2,3)45-34(43)38-17-15-24(16-18-38)20-39-27(25-13-9-6-10-14-25)19-26-28-30(39)29(33(42)44-4)32(41)40(31(28)37-22-36-26)21-23-11-7-5-8-12-23/h5-14,19,22,24,30,42H,15-18,20-21H2,1-4H3/b33-29-. The molecule has 0 spiro atoms. The van der Waals surface area contributed by atoms with Crippen LogP contribution in [0.2, 0.25) is 0 Å². The Kier molecular flexibility index (Phi) is 8.22. The van der Waals surface area contributed by atoms with Crippen LogP contribution in [0.25, 0.3) is 11.8 Å². The van der Waals surface area contributed by atoms with Gasteiger partial charge in [0.15, 0.2) is 0 Å². The summed E-state index contributed by atoms with van der Waals surface area (Å²) in [5.41, 5.74) is 3.80. The molecule has 0 radical (unpaired) electrons. The van der Waals surface area contributed by atoms with E-state index in [0.29, 0.717) is 31.1 Å². The lowest BCUT2D eigenvalue weighted by molar-refractivity contribution is -0.117. The first kappa shape index (κ1) is 30.2. The number of carbonyl (C=O) groups is 2. The molecular formula is C35H39N5O5. The summed E-state index contributed by atoms with van der Waals surface area (Å²) in [5, 5.41) is 11.2. The maximum Gasteiger partial charge on any atom is 0.410 e. The third-order valence-electron chi connectivity index (χ3n) is 8.46. The van der Waals surface area contributed by atoms with Crippen LogP contribution in [0.5, 0.6) is 0 Å². The number of nitrogens with zero attached hydrogens (tertiary/aromatic N) is 5. The topological polar surface area (TPSA) is 108 Å². The van der Waals surface area contributed by atoms with Gasteiger partial charge in [0.25, 0.3) is 11.9 Å². The average Bonchev–Trinajstić information content (AvgIpc) is 3.04. The summed E-state index contributed by atoms with van der Waals surface area (Å²) < 4.78 is 11.0. The van der Waals surface area contributed by atoms with E-state index in [1.807, 2.05) is 87.5 Å². The van der Waals surface area contributed by atoms with Crippen molar-refractivity contribution >= 4 is 29.6 Å². The number of likely N-dealkylation sites (tertiary alicyclic amines) is 1. The molecule has 3 aliphatic heterocycles. The summed E-state index contributed by atoms with van der Waals surface area (Å²) >= 11 is 0.